The molecule has 2 N–H and O–H groups in total. The third-order valence-corrected chi connectivity index (χ3v) is 4.59. The van der Waals surface area contributed by atoms with Gasteiger partial charge in [0.2, 0.25) is 5.91 Å². The van der Waals surface area contributed by atoms with Crippen LogP contribution in [0.4, 0.5) is 5.00 Å². The smallest absolute Gasteiger partial charge is 0.228 e. The Hall–Kier alpha value is -2.10. The summed E-state index contributed by atoms with van der Waals surface area (Å²) >= 11 is 7.22. The topological polar surface area (TPSA) is 77.8 Å². The molecule has 1 amide bonds. The number of halogens is 1. The van der Waals surface area contributed by atoms with Crippen LogP contribution in [0.2, 0.25) is 5.02 Å². The van der Waals surface area contributed by atoms with Gasteiger partial charge in [-0.3, -0.25) is 4.79 Å². The van der Waals surface area contributed by atoms with Gasteiger partial charge in [0.1, 0.15) is 5.00 Å². The Morgan fingerprint density at radius 3 is 2.95 bits per heavy atom. The maximum atomic E-state index is 12.1. The molecule has 112 valence electrons. The van der Waals surface area contributed by atoms with Crippen LogP contribution in [0.1, 0.15) is 12.8 Å². The quantitative estimate of drug-likeness (QED) is 0.665. The lowest BCUT2D eigenvalue weighted by Gasteiger charge is -2.32. The fourth-order valence-electron chi connectivity index (χ4n) is 2.38. The van der Waals surface area contributed by atoms with Gasteiger partial charge in [-0.1, -0.05) is 23.7 Å². The molecule has 5 nitrogen and oxygen atoms in total. The van der Waals surface area contributed by atoms with Crippen molar-refractivity contribution in [2.24, 2.45) is 5.92 Å². The van der Waals surface area contributed by atoms with Crippen molar-refractivity contribution in [2.45, 2.75) is 18.9 Å². The van der Waals surface area contributed by atoms with Crippen LogP contribution in [0.3, 0.4) is 0 Å². The van der Waals surface area contributed by atoms with E-state index in [1.54, 1.807) is 0 Å². The Morgan fingerprint density at radius 1 is 1.41 bits per heavy atom. The van der Waals surface area contributed by atoms with Crippen LogP contribution in [-0.4, -0.2) is 16.3 Å². The molecule has 1 aliphatic rings. The summed E-state index contributed by atoms with van der Waals surface area (Å²) < 4.78 is 4.34. The van der Waals surface area contributed by atoms with E-state index in [9.17, 15) is 4.79 Å². The van der Waals surface area contributed by atoms with Crippen molar-refractivity contribution in [3.8, 4) is 17.5 Å². The number of carbonyl (C=O) groups is 1. The zero-order chi connectivity index (χ0) is 15.5. The molecule has 2 aromatic rings. The first-order chi connectivity index (χ1) is 10.7. The summed E-state index contributed by atoms with van der Waals surface area (Å²) in [4.78, 5) is 12.1. The minimum absolute atomic E-state index is 0.0164. The van der Waals surface area contributed by atoms with Crippen LogP contribution in [0.5, 0.6) is 0 Å². The fourth-order valence-corrected chi connectivity index (χ4v) is 3.24. The number of hydrogen-bond acceptors (Lipinski definition) is 5. The molecule has 1 heterocycles. The Balaban J connectivity index is 1.61. The molecule has 22 heavy (non-hydrogen) atoms. The summed E-state index contributed by atoms with van der Waals surface area (Å²) in [6.45, 7) is 0. The van der Waals surface area contributed by atoms with Gasteiger partial charge in [-0.25, -0.2) is 0 Å². The van der Waals surface area contributed by atoms with E-state index in [4.69, 9.17) is 16.9 Å². The van der Waals surface area contributed by atoms with Gasteiger partial charge in [0.25, 0.3) is 0 Å². The summed E-state index contributed by atoms with van der Waals surface area (Å²) in [7, 11) is 0. The second-order valence-electron chi connectivity index (χ2n) is 5.20. The third kappa shape index (κ3) is 3.21. The predicted molar refractivity (Wildman–Crippen MR) is 86.5 cm³/mol. The zero-order valence-electron chi connectivity index (χ0n) is 11.5. The van der Waals surface area contributed by atoms with Gasteiger partial charge in [-0.2, -0.15) is 9.64 Å². The van der Waals surface area contributed by atoms with Crippen LogP contribution >= 0.6 is 23.1 Å². The number of hydrogen-bond donors (Lipinski definition) is 2. The average molecular weight is 333 g/mol. The van der Waals surface area contributed by atoms with E-state index in [1.807, 2.05) is 36.5 Å². The zero-order valence-corrected chi connectivity index (χ0v) is 13.1. The second-order valence-corrected chi connectivity index (χ2v) is 6.44. The number of aromatic nitrogens is 1. The maximum Gasteiger partial charge on any atom is 0.228 e. The average Bonchev–Trinajstić information content (AvgIpc) is 2.90. The number of nitrogens with one attached hydrogen (secondary N) is 2. The first kappa shape index (κ1) is 14.8. The van der Waals surface area contributed by atoms with Crippen molar-refractivity contribution in [1.29, 1.82) is 5.26 Å². The maximum absolute atomic E-state index is 12.1. The van der Waals surface area contributed by atoms with E-state index in [0.717, 1.165) is 16.3 Å². The van der Waals surface area contributed by atoms with Crippen LogP contribution in [0.25, 0.3) is 11.3 Å². The van der Waals surface area contributed by atoms with Crippen molar-refractivity contribution in [3.63, 3.8) is 0 Å². The predicted octanol–water partition coefficient (Wildman–Crippen LogP) is 3.25. The van der Waals surface area contributed by atoms with Crippen LogP contribution in [0, 0.1) is 17.4 Å². The second kappa shape index (κ2) is 6.34. The lowest BCUT2D eigenvalue weighted by Crippen LogP contribution is -2.44. The highest BCUT2D eigenvalue weighted by atomic mass is 35.5. The number of rotatable bonds is 4. The lowest BCUT2D eigenvalue weighted by molar-refractivity contribution is -0.122. The summed E-state index contributed by atoms with van der Waals surface area (Å²) in [5.41, 5.74) is 1.71. The van der Waals surface area contributed by atoms with Gasteiger partial charge in [0.05, 0.1) is 5.69 Å². The first-order valence-corrected chi connectivity index (χ1v) is 7.99. The van der Waals surface area contributed by atoms with Crippen LogP contribution in [-0.2, 0) is 4.79 Å². The fraction of sp³-hybridized carbons (Fsp3) is 0.267. The highest BCUT2D eigenvalue weighted by molar-refractivity contribution is 7.10. The SMILES string of the molecule is N#CN[C@H]1C[C@H](C(=O)Nc2cc(-c3cccc(Cl)c3)ns2)C1. The third-order valence-electron chi connectivity index (χ3n) is 3.65. The molecule has 3 rings (SSSR count). The minimum Gasteiger partial charge on any atom is -0.321 e. The summed E-state index contributed by atoms with van der Waals surface area (Å²) in [6, 6.07) is 9.42. The van der Waals surface area contributed by atoms with Gasteiger partial charge >= 0.3 is 0 Å². The number of benzene rings is 1. The molecule has 1 saturated carbocycles. The number of carbonyl (C=O) groups excluding carboxylic acids is 1. The van der Waals surface area contributed by atoms with Crippen LogP contribution in [0.15, 0.2) is 30.3 Å². The molecule has 7 heteroatoms. The first-order valence-electron chi connectivity index (χ1n) is 6.84. The Labute approximate surface area is 137 Å². The highest BCUT2D eigenvalue weighted by Crippen LogP contribution is 2.31. The Bertz CT molecular complexity index is 733. The van der Waals surface area contributed by atoms with Crippen molar-refractivity contribution >= 4 is 34.0 Å². The van der Waals surface area contributed by atoms with Gasteiger partial charge < -0.3 is 10.6 Å². The molecular formula is C15H13ClN4OS. The molecule has 1 aromatic carbocycles. The van der Waals surface area contributed by atoms with E-state index < -0.39 is 0 Å². The molecule has 1 aliphatic carbocycles. The van der Waals surface area contributed by atoms with E-state index in [1.165, 1.54) is 11.5 Å². The molecule has 0 bridgehead atoms. The number of nitriles is 1. The molecule has 0 radical (unpaired) electrons. The number of nitrogens with zero attached hydrogens (tertiary/aromatic N) is 2. The molecular weight excluding hydrogens is 320 g/mol. The van der Waals surface area contributed by atoms with Crippen LogP contribution < -0.4 is 10.6 Å². The Kier molecular flexibility index (Phi) is 4.27. The minimum atomic E-state index is -0.0393. The number of amides is 1. The van der Waals surface area contributed by atoms with Gasteiger partial charge in [-0.05, 0) is 36.5 Å². The van der Waals surface area contributed by atoms with E-state index in [-0.39, 0.29) is 17.9 Å². The summed E-state index contributed by atoms with van der Waals surface area (Å²) in [6.07, 6.45) is 3.29. The van der Waals surface area contributed by atoms with Crippen molar-refractivity contribution < 1.29 is 4.79 Å². The largest absolute Gasteiger partial charge is 0.321 e. The molecule has 0 spiro atoms. The molecule has 0 unspecified atom stereocenters. The van der Waals surface area contributed by atoms with Gasteiger partial charge in [0, 0.05) is 28.6 Å². The standard InChI is InChI=1S/C15H13ClN4OS/c16-11-3-1-2-9(4-11)13-7-14(22-20-13)19-15(21)10-5-12(6-10)18-8-17/h1-4,7,10,12,18H,5-6H2,(H,19,21)/t10-,12-. The van der Waals surface area contributed by atoms with Crippen molar-refractivity contribution in [1.82, 2.24) is 9.69 Å². The molecule has 1 fully saturated rings. The molecule has 0 atom stereocenters. The lowest BCUT2D eigenvalue weighted by atomic mass is 9.80. The van der Waals surface area contributed by atoms with E-state index in [0.29, 0.717) is 17.9 Å². The van der Waals surface area contributed by atoms with E-state index >= 15 is 0 Å². The highest BCUT2D eigenvalue weighted by Gasteiger charge is 2.34. The molecule has 1 aromatic heterocycles. The van der Waals surface area contributed by atoms with Crippen molar-refractivity contribution in [2.75, 3.05) is 5.32 Å². The number of anilines is 1. The Morgan fingerprint density at radius 2 is 2.23 bits per heavy atom. The van der Waals surface area contributed by atoms with Crippen molar-refractivity contribution in [3.05, 3.63) is 35.4 Å². The summed E-state index contributed by atoms with van der Waals surface area (Å²) in [5, 5.41) is 15.4. The molecule has 0 saturated heterocycles. The van der Waals surface area contributed by atoms with Gasteiger partial charge in [0.15, 0.2) is 6.19 Å². The normalized spacial score (nSPS) is 19.8. The van der Waals surface area contributed by atoms with Gasteiger partial charge in [-0.15, -0.1) is 0 Å². The monoisotopic (exact) mass is 332 g/mol. The molecule has 0 aliphatic heterocycles. The van der Waals surface area contributed by atoms with E-state index in [2.05, 4.69) is 15.0 Å². The summed E-state index contributed by atoms with van der Waals surface area (Å²) in [5.74, 6) is -0.0557.